The van der Waals surface area contributed by atoms with Crippen LogP contribution in [0, 0.1) is 10.1 Å². The molecule has 31 heavy (non-hydrogen) atoms. The fraction of sp³-hybridized carbons (Fsp3) is 0.217. The maximum atomic E-state index is 13.2. The van der Waals surface area contributed by atoms with Gasteiger partial charge in [-0.05, 0) is 38.0 Å². The minimum Gasteiger partial charge on any atom is -0.462 e. The van der Waals surface area contributed by atoms with E-state index in [9.17, 15) is 19.7 Å². The Kier molecular flexibility index (Phi) is 6.87. The first kappa shape index (κ1) is 22.2. The number of ether oxygens (including phenoxy) is 1. The van der Waals surface area contributed by atoms with Crippen LogP contribution in [-0.4, -0.2) is 34.9 Å². The molecular formula is C23H21ClN2O5. The zero-order valence-electron chi connectivity index (χ0n) is 17.1. The fourth-order valence-corrected chi connectivity index (χ4v) is 3.57. The van der Waals surface area contributed by atoms with Gasteiger partial charge in [0, 0.05) is 35.0 Å². The maximum Gasteiger partial charge on any atom is 0.340 e. The first-order valence-electron chi connectivity index (χ1n) is 9.73. The molecule has 0 spiro atoms. The van der Waals surface area contributed by atoms with Gasteiger partial charge >= 0.3 is 5.97 Å². The van der Waals surface area contributed by atoms with Crippen molar-refractivity contribution >= 4 is 35.2 Å². The maximum absolute atomic E-state index is 13.2. The zero-order valence-corrected chi connectivity index (χ0v) is 17.9. The molecule has 0 unspecified atom stereocenters. The number of amides is 1. The van der Waals surface area contributed by atoms with E-state index in [2.05, 4.69) is 0 Å². The van der Waals surface area contributed by atoms with Crippen molar-refractivity contribution in [2.24, 2.45) is 0 Å². The Morgan fingerprint density at radius 1 is 1.23 bits per heavy atom. The van der Waals surface area contributed by atoms with E-state index in [1.54, 1.807) is 13.8 Å². The average Bonchev–Trinajstić information content (AvgIpc) is 2.98. The Bertz CT molecular complexity index is 1090. The van der Waals surface area contributed by atoms with Crippen LogP contribution in [0.25, 0.3) is 6.08 Å². The molecule has 1 heterocycles. The molecule has 7 nitrogen and oxygen atoms in total. The van der Waals surface area contributed by atoms with Gasteiger partial charge in [-0.25, -0.2) is 4.79 Å². The molecule has 2 aromatic carbocycles. The first-order chi connectivity index (χ1) is 14.8. The Hall–Kier alpha value is -3.45. The van der Waals surface area contributed by atoms with Crippen molar-refractivity contribution < 1.29 is 19.2 Å². The number of allylic oxidation sites excluding steroid dienone is 1. The number of nitro benzene ring substituents is 1. The van der Waals surface area contributed by atoms with Crippen LogP contribution in [0.2, 0.25) is 5.02 Å². The highest BCUT2D eigenvalue weighted by Crippen LogP contribution is 2.34. The highest BCUT2D eigenvalue weighted by Gasteiger charge is 2.37. The summed E-state index contributed by atoms with van der Waals surface area (Å²) < 4.78 is 5.16. The third-order valence-corrected chi connectivity index (χ3v) is 5.29. The lowest BCUT2D eigenvalue weighted by atomic mass is 10.0. The van der Waals surface area contributed by atoms with Gasteiger partial charge < -0.3 is 9.64 Å². The van der Waals surface area contributed by atoms with E-state index in [1.807, 2.05) is 30.3 Å². The van der Waals surface area contributed by atoms with Gasteiger partial charge in [0.15, 0.2) is 0 Å². The Balaban J connectivity index is 2.01. The number of nitro groups is 1. The minimum atomic E-state index is -0.622. The molecule has 2 aromatic rings. The first-order valence-corrected chi connectivity index (χ1v) is 10.1. The summed E-state index contributed by atoms with van der Waals surface area (Å²) in [6.07, 6.45) is 2.01. The van der Waals surface area contributed by atoms with Crippen LogP contribution in [-0.2, 0) is 20.7 Å². The highest BCUT2D eigenvalue weighted by molar-refractivity contribution is 6.32. The fourth-order valence-electron chi connectivity index (χ4n) is 3.39. The smallest absolute Gasteiger partial charge is 0.340 e. The van der Waals surface area contributed by atoms with E-state index >= 15 is 0 Å². The molecular weight excluding hydrogens is 420 g/mol. The number of hydrogen-bond donors (Lipinski definition) is 0. The molecule has 0 aromatic heterocycles. The lowest BCUT2D eigenvalue weighted by Gasteiger charge is -2.17. The zero-order chi connectivity index (χ0) is 22.5. The van der Waals surface area contributed by atoms with Crippen molar-refractivity contribution in [1.82, 2.24) is 4.90 Å². The predicted octanol–water partition coefficient (Wildman–Crippen LogP) is 4.55. The molecule has 0 saturated heterocycles. The third-order valence-electron chi connectivity index (χ3n) is 4.95. The second-order valence-corrected chi connectivity index (χ2v) is 7.30. The van der Waals surface area contributed by atoms with E-state index in [0.29, 0.717) is 18.7 Å². The number of benzene rings is 2. The molecule has 0 N–H and O–H groups in total. The Labute approximate surface area is 184 Å². The molecule has 0 atom stereocenters. The van der Waals surface area contributed by atoms with Gasteiger partial charge in [0.05, 0.1) is 22.7 Å². The standard InChI is InChI=1S/C23H21ClN2O5/c1-3-31-23(28)21-15(2)25(12-11-16-7-5-4-6-8-16)22(27)19(21)14-17-13-18(26(29)30)9-10-20(17)24/h4-10,13-14H,3,11-12H2,1-2H3/b19-14-. The summed E-state index contributed by atoms with van der Waals surface area (Å²) in [5.41, 5.74) is 1.89. The molecule has 0 bridgehead atoms. The van der Waals surface area contributed by atoms with Crippen LogP contribution < -0.4 is 0 Å². The van der Waals surface area contributed by atoms with Gasteiger partial charge in [-0.1, -0.05) is 41.9 Å². The van der Waals surface area contributed by atoms with Gasteiger partial charge in [0.2, 0.25) is 0 Å². The second-order valence-electron chi connectivity index (χ2n) is 6.89. The molecule has 0 saturated carbocycles. The van der Waals surface area contributed by atoms with Crippen molar-refractivity contribution in [3.05, 3.63) is 91.6 Å². The molecule has 0 fully saturated rings. The van der Waals surface area contributed by atoms with Gasteiger partial charge in [0.1, 0.15) is 0 Å². The van der Waals surface area contributed by atoms with E-state index in [4.69, 9.17) is 16.3 Å². The molecule has 8 heteroatoms. The molecule has 1 aliphatic rings. The van der Waals surface area contributed by atoms with Crippen LogP contribution in [0.1, 0.15) is 25.0 Å². The highest BCUT2D eigenvalue weighted by atomic mass is 35.5. The predicted molar refractivity (Wildman–Crippen MR) is 117 cm³/mol. The minimum absolute atomic E-state index is 0.103. The number of non-ortho nitro benzene ring substituents is 1. The van der Waals surface area contributed by atoms with Gasteiger partial charge in [-0.3, -0.25) is 14.9 Å². The van der Waals surface area contributed by atoms with Crippen LogP contribution in [0.3, 0.4) is 0 Å². The lowest BCUT2D eigenvalue weighted by molar-refractivity contribution is -0.384. The summed E-state index contributed by atoms with van der Waals surface area (Å²) >= 11 is 6.21. The summed E-state index contributed by atoms with van der Waals surface area (Å²) in [6.45, 7) is 3.89. The number of carbonyl (C=O) groups is 2. The number of esters is 1. The van der Waals surface area contributed by atoms with Crippen LogP contribution in [0.4, 0.5) is 5.69 Å². The van der Waals surface area contributed by atoms with E-state index in [1.165, 1.54) is 29.2 Å². The SMILES string of the molecule is CCOC(=O)C1=C(C)N(CCc2ccccc2)C(=O)/C1=C\c1cc([N+](=O)[O-])ccc1Cl. The average molecular weight is 441 g/mol. The van der Waals surface area contributed by atoms with E-state index in [-0.39, 0.29) is 39.9 Å². The van der Waals surface area contributed by atoms with E-state index < -0.39 is 10.9 Å². The summed E-state index contributed by atoms with van der Waals surface area (Å²) in [5.74, 6) is -0.998. The molecule has 3 rings (SSSR count). The second kappa shape index (κ2) is 9.57. The normalized spacial score (nSPS) is 15.0. The van der Waals surface area contributed by atoms with Crippen LogP contribution in [0.15, 0.2) is 65.4 Å². The van der Waals surface area contributed by atoms with E-state index in [0.717, 1.165) is 5.56 Å². The van der Waals surface area contributed by atoms with Gasteiger partial charge in [0.25, 0.3) is 11.6 Å². The quantitative estimate of drug-likeness (QED) is 0.272. The summed E-state index contributed by atoms with van der Waals surface area (Å²) in [7, 11) is 0. The Morgan fingerprint density at radius 3 is 2.58 bits per heavy atom. The summed E-state index contributed by atoms with van der Waals surface area (Å²) in [4.78, 5) is 38.0. The summed E-state index contributed by atoms with van der Waals surface area (Å²) in [6, 6.07) is 13.6. The Morgan fingerprint density at radius 2 is 1.94 bits per heavy atom. The van der Waals surface area contributed by atoms with Crippen LogP contribution >= 0.6 is 11.6 Å². The van der Waals surface area contributed by atoms with Crippen molar-refractivity contribution in [1.29, 1.82) is 0 Å². The van der Waals surface area contributed by atoms with Crippen molar-refractivity contribution in [2.75, 3.05) is 13.2 Å². The number of hydrogen-bond acceptors (Lipinski definition) is 5. The number of nitrogens with zero attached hydrogens (tertiary/aromatic N) is 2. The van der Waals surface area contributed by atoms with Crippen LogP contribution in [0.5, 0.6) is 0 Å². The van der Waals surface area contributed by atoms with Gasteiger partial charge in [-0.15, -0.1) is 0 Å². The third kappa shape index (κ3) is 4.83. The monoisotopic (exact) mass is 440 g/mol. The number of halogens is 1. The topological polar surface area (TPSA) is 89.8 Å². The van der Waals surface area contributed by atoms with Gasteiger partial charge in [-0.2, -0.15) is 0 Å². The van der Waals surface area contributed by atoms with Crippen molar-refractivity contribution in [3.8, 4) is 0 Å². The van der Waals surface area contributed by atoms with Crippen molar-refractivity contribution in [3.63, 3.8) is 0 Å². The lowest BCUT2D eigenvalue weighted by Crippen LogP contribution is -2.27. The largest absolute Gasteiger partial charge is 0.462 e. The molecule has 160 valence electrons. The number of rotatable bonds is 7. The number of carbonyl (C=O) groups excluding carboxylic acids is 2. The van der Waals surface area contributed by atoms with Crippen molar-refractivity contribution in [2.45, 2.75) is 20.3 Å². The molecule has 1 amide bonds. The summed E-state index contributed by atoms with van der Waals surface area (Å²) in [5, 5.41) is 11.4. The molecule has 0 radical (unpaired) electrons. The molecule has 1 aliphatic heterocycles. The molecule has 0 aliphatic carbocycles.